The standard InChI is InChI=1S/C18H22BNO3/c1-17(2)18(3,4)23-19(22-17)15-9-14(11-20-12-15)13-7-6-8-16(10-13)21-5/h6-12H,1-5H3. The molecular weight excluding hydrogens is 289 g/mol. The highest BCUT2D eigenvalue weighted by molar-refractivity contribution is 6.62. The van der Waals surface area contributed by atoms with E-state index < -0.39 is 7.12 Å². The summed E-state index contributed by atoms with van der Waals surface area (Å²) >= 11 is 0. The first-order chi connectivity index (χ1) is 10.8. The molecule has 0 radical (unpaired) electrons. The molecule has 0 N–H and O–H groups in total. The molecule has 1 aliphatic rings. The van der Waals surface area contributed by atoms with Crippen LogP contribution in [0, 0.1) is 0 Å². The van der Waals surface area contributed by atoms with Crippen molar-refractivity contribution in [3.8, 4) is 16.9 Å². The van der Waals surface area contributed by atoms with Gasteiger partial charge in [-0.3, -0.25) is 4.98 Å². The van der Waals surface area contributed by atoms with Gasteiger partial charge in [-0.15, -0.1) is 0 Å². The summed E-state index contributed by atoms with van der Waals surface area (Å²) in [5.41, 5.74) is 2.27. The predicted molar refractivity (Wildman–Crippen MR) is 91.9 cm³/mol. The van der Waals surface area contributed by atoms with Gasteiger partial charge < -0.3 is 14.0 Å². The van der Waals surface area contributed by atoms with Gasteiger partial charge in [-0.05, 0) is 51.0 Å². The van der Waals surface area contributed by atoms with E-state index in [0.29, 0.717) is 0 Å². The number of methoxy groups -OCH3 is 1. The molecule has 1 aliphatic heterocycles. The van der Waals surface area contributed by atoms with Crippen molar-refractivity contribution >= 4 is 12.6 Å². The van der Waals surface area contributed by atoms with Crippen LogP contribution in [0.3, 0.4) is 0 Å². The van der Waals surface area contributed by atoms with Crippen molar-refractivity contribution in [3.05, 3.63) is 42.7 Å². The molecular formula is C18H22BNO3. The van der Waals surface area contributed by atoms with E-state index in [1.807, 2.05) is 58.2 Å². The summed E-state index contributed by atoms with van der Waals surface area (Å²) in [6.45, 7) is 8.19. The van der Waals surface area contributed by atoms with Gasteiger partial charge in [0.25, 0.3) is 0 Å². The van der Waals surface area contributed by atoms with Crippen molar-refractivity contribution < 1.29 is 14.0 Å². The van der Waals surface area contributed by atoms with Gasteiger partial charge >= 0.3 is 7.12 Å². The second-order valence-electron chi connectivity index (χ2n) is 6.83. The fourth-order valence-corrected chi connectivity index (χ4v) is 2.53. The average molecular weight is 311 g/mol. The minimum absolute atomic E-state index is 0.358. The monoisotopic (exact) mass is 311 g/mol. The lowest BCUT2D eigenvalue weighted by atomic mass is 9.79. The minimum Gasteiger partial charge on any atom is -0.497 e. The normalized spacial score (nSPS) is 18.9. The van der Waals surface area contributed by atoms with Crippen molar-refractivity contribution in [1.82, 2.24) is 4.98 Å². The molecule has 1 aromatic heterocycles. The fraction of sp³-hybridized carbons (Fsp3) is 0.389. The van der Waals surface area contributed by atoms with Gasteiger partial charge in [0.15, 0.2) is 0 Å². The molecule has 23 heavy (non-hydrogen) atoms. The maximum Gasteiger partial charge on any atom is 0.496 e. The Labute approximate surface area is 137 Å². The number of nitrogens with zero attached hydrogens (tertiary/aromatic N) is 1. The summed E-state index contributed by atoms with van der Waals surface area (Å²) in [7, 11) is 1.26. The Morgan fingerprint density at radius 2 is 1.65 bits per heavy atom. The van der Waals surface area contributed by atoms with Gasteiger partial charge in [-0.25, -0.2) is 0 Å². The zero-order chi connectivity index (χ0) is 16.7. The first kappa shape index (κ1) is 16.0. The van der Waals surface area contributed by atoms with Crippen molar-refractivity contribution in [2.45, 2.75) is 38.9 Å². The molecule has 0 saturated carbocycles. The Bertz CT molecular complexity index is 699. The molecule has 2 heterocycles. The number of rotatable bonds is 3. The zero-order valence-electron chi connectivity index (χ0n) is 14.3. The van der Waals surface area contributed by atoms with E-state index in [2.05, 4.69) is 11.1 Å². The van der Waals surface area contributed by atoms with Crippen molar-refractivity contribution in [1.29, 1.82) is 0 Å². The first-order valence-corrected chi connectivity index (χ1v) is 7.77. The molecule has 1 saturated heterocycles. The lowest BCUT2D eigenvalue weighted by Gasteiger charge is -2.32. The van der Waals surface area contributed by atoms with Crippen LogP contribution in [0.2, 0.25) is 0 Å². The van der Waals surface area contributed by atoms with E-state index in [-0.39, 0.29) is 11.2 Å². The Kier molecular flexibility index (Phi) is 3.94. The number of ether oxygens (including phenoxy) is 1. The van der Waals surface area contributed by atoms with Crippen LogP contribution in [-0.4, -0.2) is 30.4 Å². The first-order valence-electron chi connectivity index (χ1n) is 7.77. The zero-order valence-corrected chi connectivity index (χ0v) is 14.3. The van der Waals surface area contributed by atoms with Gasteiger partial charge in [-0.1, -0.05) is 18.2 Å². The lowest BCUT2D eigenvalue weighted by Crippen LogP contribution is -2.41. The number of pyridine rings is 1. The Balaban J connectivity index is 1.92. The van der Waals surface area contributed by atoms with Gasteiger partial charge in [0, 0.05) is 17.9 Å². The van der Waals surface area contributed by atoms with E-state index >= 15 is 0 Å². The molecule has 1 fully saturated rings. The number of hydrogen-bond donors (Lipinski definition) is 0. The van der Waals surface area contributed by atoms with Crippen LogP contribution < -0.4 is 10.2 Å². The second kappa shape index (κ2) is 5.66. The van der Waals surface area contributed by atoms with Crippen LogP contribution in [0.25, 0.3) is 11.1 Å². The highest BCUT2D eigenvalue weighted by Crippen LogP contribution is 2.36. The average Bonchev–Trinajstić information content (AvgIpc) is 2.76. The summed E-state index contributed by atoms with van der Waals surface area (Å²) in [5, 5.41) is 0. The second-order valence-corrected chi connectivity index (χ2v) is 6.83. The molecule has 0 amide bonds. The highest BCUT2D eigenvalue weighted by atomic mass is 16.7. The van der Waals surface area contributed by atoms with Gasteiger partial charge in [0.05, 0.1) is 18.3 Å². The van der Waals surface area contributed by atoms with Crippen LogP contribution in [0.1, 0.15) is 27.7 Å². The van der Waals surface area contributed by atoms with Crippen LogP contribution in [-0.2, 0) is 9.31 Å². The van der Waals surface area contributed by atoms with Crippen LogP contribution in [0.4, 0.5) is 0 Å². The van der Waals surface area contributed by atoms with Gasteiger partial charge in [-0.2, -0.15) is 0 Å². The number of aromatic nitrogens is 1. The third kappa shape index (κ3) is 2.99. The smallest absolute Gasteiger partial charge is 0.496 e. The van der Waals surface area contributed by atoms with E-state index in [1.165, 1.54) is 0 Å². The molecule has 0 aliphatic carbocycles. The molecule has 0 spiro atoms. The molecule has 0 unspecified atom stereocenters. The molecule has 1 aromatic carbocycles. The fourth-order valence-electron chi connectivity index (χ4n) is 2.53. The number of hydrogen-bond acceptors (Lipinski definition) is 4. The van der Waals surface area contributed by atoms with E-state index in [4.69, 9.17) is 14.0 Å². The van der Waals surface area contributed by atoms with Crippen molar-refractivity contribution in [3.63, 3.8) is 0 Å². The summed E-state index contributed by atoms with van der Waals surface area (Å²) in [6.07, 6.45) is 3.63. The molecule has 4 nitrogen and oxygen atoms in total. The maximum atomic E-state index is 6.10. The highest BCUT2D eigenvalue weighted by Gasteiger charge is 2.51. The van der Waals surface area contributed by atoms with Crippen LogP contribution >= 0.6 is 0 Å². The molecule has 120 valence electrons. The van der Waals surface area contributed by atoms with Gasteiger partial charge in [0.1, 0.15) is 5.75 Å². The van der Waals surface area contributed by atoms with Gasteiger partial charge in [0.2, 0.25) is 0 Å². The minimum atomic E-state index is -0.405. The summed E-state index contributed by atoms with van der Waals surface area (Å²) in [6, 6.07) is 9.98. The van der Waals surface area contributed by atoms with Crippen molar-refractivity contribution in [2.75, 3.05) is 7.11 Å². The van der Waals surface area contributed by atoms with Crippen LogP contribution in [0.5, 0.6) is 5.75 Å². The molecule has 5 heteroatoms. The SMILES string of the molecule is COc1cccc(-c2cncc(B3OC(C)(C)C(C)(C)O3)c2)c1. The Morgan fingerprint density at radius 3 is 2.30 bits per heavy atom. The molecule has 3 rings (SSSR count). The largest absolute Gasteiger partial charge is 0.497 e. The summed E-state index contributed by atoms with van der Waals surface area (Å²) < 4.78 is 17.5. The lowest BCUT2D eigenvalue weighted by molar-refractivity contribution is 0.00578. The third-order valence-electron chi connectivity index (χ3n) is 4.69. The van der Waals surface area contributed by atoms with Crippen molar-refractivity contribution in [2.24, 2.45) is 0 Å². The topological polar surface area (TPSA) is 40.6 Å². The van der Waals surface area contributed by atoms with E-state index in [0.717, 1.165) is 22.3 Å². The Morgan fingerprint density at radius 1 is 0.957 bits per heavy atom. The van der Waals surface area contributed by atoms with E-state index in [9.17, 15) is 0 Å². The Hall–Kier alpha value is -1.85. The molecule has 0 atom stereocenters. The maximum absolute atomic E-state index is 6.10. The molecule has 2 aromatic rings. The number of benzene rings is 1. The van der Waals surface area contributed by atoms with E-state index in [1.54, 1.807) is 13.3 Å². The van der Waals surface area contributed by atoms with Crippen LogP contribution in [0.15, 0.2) is 42.7 Å². The third-order valence-corrected chi connectivity index (χ3v) is 4.69. The summed E-state index contributed by atoms with van der Waals surface area (Å²) in [4.78, 5) is 4.36. The quantitative estimate of drug-likeness (QED) is 0.817. The predicted octanol–water partition coefficient (Wildman–Crippen LogP) is 3.06. The summed E-state index contributed by atoms with van der Waals surface area (Å²) in [5.74, 6) is 0.823. The molecule has 0 bridgehead atoms.